The zero-order valence-corrected chi connectivity index (χ0v) is 17.4. The molecule has 160 valence electrons. The van der Waals surface area contributed by atoms with Crippen molar-refractivity contribution in [3.8, 4) is 17.2 Å². The molecule has 1 fully saturated rings. The van der Waals surface area contributed by atoms with Crippen LogP contribution in [0.25, 0.3) is 0 Å². The number of halogens is 1. The maximum atomic E-state index is 13.9. The topological polar surface area (TPSA) is 77.1 Å². The Hall–Kier alpha value is -3.29. The molecule has 30 heavy (non-hydrogen) atoms. The fourth-order valence-electron chi connectivity index (χ4n) is 3.49. The summed E-state index contributed by atoms with van der Waals surface area (Å²) in [4.78, 5) is 26.8. The number of hydrogen-bond donors (Lipinski definition) is 1. The summed E-state index contributed by atoms with van der Waals surface area (Å²) in [6, 6.07) is 9.31. The largest absolute Gasteiger partial charge is 0.494 e. The number of anilines is 1. The summed E-state index contributed by atoms with van der Waals surface area (Å²) in [5, 5.41) is 2.87. The van der Waals surface area contributed by atoms with Gasteiger partial charge in [-0.05, 0) is 36.8 Å². The van der Waals surface area contributed by atoms with Gasteiger partial charge in [-0.25, -0.2) is 4.39 Å². The summed E-state index contributed by atoms with van der Waals surface area (Å²) >= 11 is 0. The van der Waals surface area contributed by atoms with E-state index >= 15 is 0 Å². The van der Waals surface area contributed by atoms with Crippen LogP contribution in [0.3, 0.4) is 0 Å². The number of methoxy groups -OCH3 is 3. The van der Waals surface area contributed by atoms with Gasteiger partial charge in [0.15, 0.2) is 23.1 Å². The molecule has 0 aromatic heterocycles. The minimum atomic E-state index is -0.504. The van der Waals surface area contributed by atoms with Crippen molar-refractivity contribution in [2.75, 3.05) is 32.8 Å². The second-order valence-corrected chi connectivity index (χ2v) is 7.07. The summed E-state index contributed by atoms with van der Waals surface area (Å²) < 4.78 is 29.4. The van der Waals surface area contributed by atoms with E-state index in [0.29, 0.717) is 22.7 Å². The van der Waals surface area contributed by atoms with E-state index in [1.54, 1.807) is 36.1 Å². The molecule has 1 N–H and O–H groups in total. The summed E-state index contributed by atoms with van der Waals surface area (Å²) in [5.41, 5.74) is 1.25. The Morgan fingerprint density at radius 1 is 1.07 bits per heavy atom. The highest BCUT2D eigenvalue weighted by Crippen LogP contribution is 2.34. The van der Waals surface area contributed by atoms with Gasteiger partial charge in [-0.3, -0.25) is 9.59 Å². The molecule has 2 amide bonds. The highest BCUT2D eigenvalue weighted by atomic mass is 19.1. The first kappa shape index (κ1) is 21.4. The van der Waals surface area contributed by atoms with Crippen molar-refractivity contribution in [3.63, 3.8) is 0 Å². The third-order valence-corrected chi connectivity index (χ3v) is 5.21. The maximum absolute atomic E-state index is 13.9. The maximum Gasteiger partial charge on any atom is 0.227 e. The molecule has 1 aliphatic heterocycles. The molecule has 3 rings (SSSR count). The third-order valence-electron chi connectivity index (χ3n) is 5.21. The number of nitrogens with one attached hydrogen (secondary N) is 1. The number of carbonyl (C=O) groups excluding carboxylic acids is 2. The fraction of sp³-hybridized carbons (Fsp3) is 0.364. The molecule has 0 spiro atoms. The molecule has 1 heterocycles. The van der Waals surface area contributed by atoms with E-state index in [4.69, 9.17) is 14.2 Å². The van der Waals surface area contributed by atoms with Crippen molar-refractivity contribution in [2.45, 2.75) is 19.4 Å². The van der Waals surface area contributed by atoms with E-state index in [1.807, 2.05) is 0 Å². The minimum Gasteiger partial charge on any atom is -0.494 e. The van der Waals surface area contributed by atoms with E-state index < -0.39 is 17.8 Å². The van der Waals surface area contributed by atoms with Crippen LogP contribution < -0.4 is 24.4 Å². The first-order valence-electron chi connectivity index (χ1n) is 9.54. The average molecular weight is 416 g/mol. The lowest BCUT2D eigenvalue weighted by Crippen LogP contribution is -2.34. The molecule has 0 bridgehead atoms. The molecular formula is C22H25FN2O5. The van der Waals surface area contributed by atoms with E-state index in [2.05, 4.69) is 5.32 Å². The number of ether oxygens (including phenoxy) is 3. The summed E-state index contributed by atoms with van der Waals surface area (Å²) in [5.74, 6) is -0.193. The normalized spacial score (nSPS) is 16.9. The van der Waals surface area contributed by atoms with Crippen molar-refractivity contribution in [3.05, 3.63) is 47.8 Å². The predicted molar refractivity (Wildman–Crippen MR) is 110 cm³/mol. The molecule has 1 saturated heterocycles. The zero-order chi connectivity index (χ0) is 21.8. The number of benzene rings is 2. The Bertz CT molecular complexity index is 949. The minimum absolute atomic E-state index is 0.101. The SMILES string of the molecule is COc1ccc(C(C)NC(=O)C2CC(=O)N(c3ccc(OC)c(OC)c3)C2)cc1F. The van der Waals surface area contributed by atoms with Crippen LogP contribution in [0, 0.1) is 11.7 Å². The number of amides is 2. The molecule has 8 heteroatoms. The van der Waals surface area contributed by atoms with Crippen molar-refractivity contribution in [1.82, 2.24) is 5.32 Å². The fourth-order valence-corrected chi connectivity index (χ4v) is 3.49. The molecule has 0 aliphatic carbocycles. The summed E-state index contributed by atoms with van der Waals surface area (Å²) in [6.45, 7) is 2.02. The second-order valence-electron chi connectivity index (χ2n) is 7.07. The smallest absolute Gasteiger partial charge is 0.227 e. The molecule has 7 nitrogen and oxygen atoms in total. The van der Waals surface area contributed by atoms with Crippen LogP contribution in [-0.4, -0.2) is 39.7 Å². The monoisotopic (exact) mass is 416 g/mol. The Kier molecular flexibility index (Phi) is 6.44. The first-order valence-corrected chi connectivity index (χ1v) is 9.54. The lowest BCUT2D eigenvalue weighted by molar-refractivity contribution is -0.126. The van der Waals surface area contributed by atoms with Gasteiger partial charge in [-0.2, -0.15) is 0 Å². The van der Waals surface area contributed by atoms with Gasteiger partial charge in [0.1, 0.15) is 0 Å². The number of nitrogens with zero attached hydrogens (tertiary/aromatic N) is 1. The molecule has 2 aromatic carbocycles. The van der Waals surface area contributed by atoms with E-state index in [0.717, 1.165) is 0 Å². The highest BCUT2D eigenvalue weighted by molar-refractivity contribution is 6.00. The Morgan fingerprint density at radius 2 is 1.73 bits per heavy atom. The van der Waals surface area contributed by atoms with Crippen molar-refractivity contribution < 1.29 is 28.2 Å². The number of carbonyl (C=O) groups is 2. The standard InChI is InChI=1S/C22H25FN2O5/c1-13(14-5-7-18(28-2)17(23)9-14)24-22(27)15-10-21(26)25(12-15)16-6-8-19(29-3)20(11-16)30-4/h5-9,11,13,15H,10,12H2,1-4H3,(H,24,27). The molecule has 0 saturated carbocycles. The van der Waals surface area contributed by atoms with Crippen LogP contribution in [0.2, 0.25) is 0 Å². The molecule has 2 aromatic rings. The van der Waals surface area contributed by atoms with Gasteiger partial charge in [0, 0.05) is 24.7 Å². The van der Waals surface area contributed by atoms with Gasteiger partial charge in [0.2, 0.25) is 11.8 Å². The van der Waals surface area contributed by atoms with Crippen LogP contribution in [0.1, 0.15) is 24.9 Å². The first-order chi connectivity index (χ1) is 14.4. The lowest BCUT2D eigenvalue weighted by atomic mass is 10.0. The second kappa shape index (κ2) is 9.02. The zero-order valence-electron chi connectivity index (χ0n) is 17.4. The van der Waals surface area contributed by atoms with Crippen LogP contribution in [0.15, 0.2) is 36.4 Å². The Labute approximate surface area is 174 Å². The number of rotatable bonds is 7. The van der Waals surface area contributed by atoms with E-state index in [-0.39, 0.29) is 30.5 Å². The van der Waals surface area contributed by atoms with Gasteiger partial charge in [0.05, 0.1) is 33.3 Å². The Balaban J connectivity index is 1.68. The van der Waals surface area contributed by atoms with Crippen LogP contribution >= 0.6 is 0 Å². The van der Waals surface area contributed by atoms with Crippen molar-refractivity contribution in [2.24, 2.45) is 5.92 Å². The number of hydrogen-bond acceptors (Lipinski definition) is 5. The predicted octanol–water partition coefficient (Wildman–Crippen LogP) is 3.08. The lowest BCUT2D eigenvalue weighted by Gasteiger charge is -2.20. The average Bonchev–Trinajstić information content (AvgIpc) is 3.14. The van der Waals surface area contributed by atoms with Gasteiger partial charge in [-0.15, -0.1) is 0 Å². The van der Waals surface area contributed by atoms with Gasteiger partial charge < -0.3 is 24.4 Å². The van der Waals surface area contributed by atoms with E-state index in [1.165, 1.54) is 33.5 Å². The molecular weight excluding hydrogens is 391 g/mol. The van der Waals surface area contributed by atoms with Crippen LogP contribution in [0.4, 0.5) is 10.1 Å². The molecule has 2 atom stereocenters. The van der Waals surface area contributed by atoms with Crippen LogP contribution in [0.5, 0.6) is 17.2 Å². The third kappa shape index (κ3) is 4.32. The van der Waals surface area contributed by atoms with E-state index in [9.17, 15) is 14.0 Å². The molecule has 2 unspecified atom stereocenters. The summed E-state index contributed by atoms with van der Waals surface area (Å²) in [6.07, 6.45) is 0.101. The highest BCUT2D eigenvalue weighted by Gasteiger charge is 2.36. The quantitative estimate of drug-likeness (QED) is 0.751. The van der Waals surface area contributed by atoms with Crippen molar-refractivity contribution >= 4 is 17.5 Å². The Morgan fingerprint density at radius 3 is 2.37 bits per heavy atom. The molecule has 0 radical (unpaired) electrons. The van der Waals surface area contributed by atoms with Gasteiger partial charge in [0.25, 0.3) is 0 Å². The van der Waals surface area contributed by atoms with Gasteiger partial charge in [-0.1, -0.05) is 6.07 Å². The van der Waals surface area contributed by atoms with Crippen molar-refractivity contribution in [1.29, 1.82) is 0 Å². The summed E-state index contributed by atoms with van der Waals surface area (Å²) in [7, 11) is 4.45. The van der Waals surface area contributed by atoms with Gasteiger partial charge >= 0.3 is 0 Å². The molecule has 1 aliphatic rings. The van der Waals surface area contributed by atoms with Crippen LogP contribution in [-0.2, 0) is 9.59 Å².